The molecule has 0 bridgehead atoms. The van der Waals surface area contributed by atoms with E-state index in [2.05, 4.69) is 51.6 Å². The average Bonchev–Trinajstić information content (AvgIpc) is 2.72. The van der Waals surface area contributed by atoms with Gasteiger partial charge >= 0.3 is 0 Å². The number of allylic oxidation sites excluding steroid dienone is 2. The van der Waals surface area contributed by atoms with Crippen LogP contribution < -0.4 is 10.6 Å². The van der Waals surface area contributed by atoms with Crippen LogP contribution in [0.5, 0.6) is 0 Å². The van der Waals surface area contributed by atoms with Gasteiger partial charge in [-0.05, 0) is 32.9 Å². The van der Waals surface area contributed by atoms with Crippen LogP contribution in [-0.2, 0) is 4.57 Å². The van der Waals surface area contributed by atoms with Crippen LogP contribution in [0.1, 0.15) is 19.4 Å². The maximum absolute atomic E-state index is 14.6. The molecule has 1 nitrogen and oxygen atoms in total. The summed E-state index contributed by atoms with van der Waals surface area (Å²) >= 11 is 1.64. The van der Waals surface area contributed by atoms with Gasteiger partial charge in [-0.3, -0.25) is 0 Å². The first-order valence-corrected chi connectivity index (χ1v) is 11.8. The van der Waals surface area contributed by atoms with Gasteiger partial charge in [0, 0.05) is 25.7 Å². The smallest absolute Gasteiger partial charge is 0.171 e. The third-order valence-corrected chi connectivity index (χ3v) is 9.08. The van der Waals surface area contributed by atoms with Gasteiger partial charge in [0.15, 0.2) is 7.14 Å². The van der Waals surface area contributed by atoms with Crippen LogP contribution >= 0.6 is 18.9 Å². The monoisotopic (exact) mass is 404 g/mol. The van der Waals surface area contributed by atoms with Crippen molar-refractivity contribution in [2.24, 2.45) is 0 Å². The predicted octanol–water partition coefficient (Wildman–Crippen LogP) is 6.91. The fourth-order valence-corrected chi connectivity index (χ4v) is 7.21. The Morgan fingerprint density at radius 1 is 0.821 bits per heavy atom. The molecule has 0 amide bonds. The molecule has 0 aliphatic carbocycles. The minimum atomic E-state index is -3.05. The lowest BCUT2D eigenvalue weighted by Gasteiger charge is -2.24. The van der Waals surface area contributed by atoms with E-state index in [1.165, 1.54) is 5.56 Å². The first-order valence-electron chi connectivity index (χ1n) is 9.26. The molecular weight excluding hydrogens is 379 g/mol. The van der Waals surface area contributed by atoms with E-state index in [1.807, 2.05) is 60.7 Å². The fourth-order valence-electron chi connectivity index (χ4n) is 3.13. The summed E-state index contributed by atoms with van der Waals surface area (Å²) in [4.78, 5) is 2.12. The molecule has 3 aromatic carbocycles. The number of thioether (sulfide) groups is 1. The average molecular weight is 405 g/mol. The van der Waals surface area contributed by atoms with Crippen LogP contribution in [0.3, 0.4) is 0 Å². The summed E-state index contributed by atoms with van der Waals surface area (Å²) in [5.41, 5.74) is 2.32. The Labute approximate surface area is 172 Å². The van der Waals surface area contributed by atoms with Gasteiger partial charge < -0.3 is 4.57 Å². The first-order chi connectivity index (χ1) is 13.4. The van der Waals surface area contributed by atoms with E-state index in [0.717, 1.165) is 26.0 Å². The third-order valence-electron chi connectivity index (χ3n) is 4.55. The second-order valence-electron chi connectivity index (χ2n) is 6.97. The number of hydrogen-bond donors (Lipinski definition) is 0. The molecule has 0 heterocycles. The highest BCUT2D eigenvalue weighted by atomic mass is 32.2. The largest absolute Gasteiger partial charge is 0.309 e. The molecular formula is C25H25OPS. The van der Waals surface area contributed by atoms with Gasteiger partial charge in [0.25, 0.3) is 0 Å². The lowest BCUT2D eigenvalue weighted by molar-refractivity contribution is 0.591. The molecule has 0 saturated carbocycles. The summed E-state index contributed by atoms with van der Waals surface area (Å²) in [5.74, 6) is 0. The molecule has 142 valence electrons. The van der Waals surface area contributed by atoms with E-state index >= 15 is 0 Å². The van der Waals surface area contributed by atoms with Crippen molar-refractivity contribution in [2.75, 3.05) is 0 Å². The Kier molecular flexibility index (Phi) is 6.44. The molecule has 0 aliphatic heterocycles. The fraction of sp³-hybridized carbons (Fsp3) is 0.120. The molecule has 3 heteroatoms. The van der Waals surface area contributed by atoms with Crippen molar-refractivity contribution in [3.63, 3.8) is 0 Å². The summed E-state index contributed by atoms with van der Waals surface area (Å²) < 4.78 is 14.6. The molecule has 3 rings (SSSR count). The Morgan fingerprint density at radius 3 is 1.82 bits per heavy atom. The van der Waals surface area contributed by atoms with Gasteiger partial charge in [-0.25, -0.2) is 0 Å². The first kappa shape index (κ1) is 20.5. The standard InChI is InChI=1S/C25H25OPS/c1-19(2)25(28-24-17-11-12-20(3)18-24)21(4)27(26,22-13-7-5-8-14-22)23-15-9-6-10-16-23/h5-18H,4H2,1-3H3. The van der Waals surface area contributed by atoms with E-state index in [4.69, 9.17) is 0 Å². The van der Waals surface area contributed by atoms with E-state index < -0.39 is 7.14 Å². The molecule has 0 fully saturated rings. The van der Waals surface area contributed by atoms with Crippen LogP contribution in [0.2, 0.25) is 0 Å². The maximum atomic E-state index is 14.6. The maximum Gasteiger partial charge on any atom is 0.171 e. The molecule has 0 aromatic heterocycles. The van der Waals surface area contributed by atoms with Crippen LogP contribution in [0.15, 0.2) is 112 Å². The van der Waals surface area contributed by atoms with E-state index in [1.54, 1.807) is 11.8 Å². The summed E-state index contributed by atoms with van der Waals surface area (Å²) in [6.07, 6.45) is 0. The highest BCUT2D eigenvalue weighted by Crippen LogP contribution is 2.57. The molecule has 0 N–H and O–H groups in total. The zero-order valence-electron chi connectivity index (χ0n) is 16.6. The molecule has 28 heavy (non-hydrogen) atoms. The van der Waals surface area contributed by atoms with Gasteiger partial charge in [-0.2, -0.15) is 0 Å². The summed E-state index contributed by atoms with van der Waals surface area (Å²) in [5, 5.41) is 2.32. The van der Waals surface area contributed by atoms with Gasteiger partial charge in [-0.15, -0.1) is 0 Å². The zero-order chi connectivity index (χ0) is 20.1. The SMILES string of the molecule is C=C(C(Sc1cccc(C)c1)=C(C)C)P(=O)(c1ccccc1)c1ccccc1. The van der Waals surface area contributed by atoms with Crippen molar-refractivity contribution in [1.29, 1.82) is 0 Å². The highest BCUT2D eigenvalue weighted by molar-refractivity contribution is 8.04. The lowest BCUT2D eigenvalue weighted by atomic mass is 10.2. The Hall–Kier alpha value is -2.28. The predicted molar refractivity (Wildman–Crippen MR) is 124 cm³/mol. The van der Waals surface area contributed by atoms with Crippen LogP contribution in [-0.4, -0.2) is 0 Å². The highest BCUT2D eigenvalue weighted by Gasteiger charge is 2.33. The summed E-state index contributed by atoms with van der Waals surface area (Å²) in [6.45, 7) is 10.6. The summed E-state index contributed by atoms with van der Waals surface area (Å²) in [6, 6.07) is 27.8. The van der Waals surface area contributed by atoms with Crippen molar-refractivity contribution < 1.29 is 4.57 Å². The second kappa shape index (κ2) is 8.82. The minimum Gasteiger partial charge on any atom is -0.309 e. The van der Waals surface area contributed by atoms with Gasteiger partial charge in [0.05, 0.1) is 0 Å². The van der Waals surface area contributed by atoms with Crippen LogP contribution in [0.25, 0.3) is 0 Å². The van der Waals surface area contributed by atoms with Crippen molar-refractivity contribution in [1.82, 2.24) is 0 Å². The van der Waals surface area contributed by atoms with E-state index in [9.17, 15) is 4.57 Å². The van der Waals surface area contributed by atoms with Gasteiger partial charge in [-0.1, -0.05) is 102 Å². The van der Waals surface area contributed by atoms with Gasteiger partial charge in [0.2, 0.25) is 0 Å². The summed E-state index contributed by atoms with van der Waals surface area (Å²) in [7, 11) is -3.05. The zero-order valence-corrected chi connectivity index (χ0v) is 18.3. The molecule has 0 radical (unpaired) electrons. The molecule has 0 atom stereocenters. The Bertz CT molecular complexity index is 1000. The Morgan fingerprint density at radius 2 is 1.36 bits per heavy atom. The minimum absolute atomic E-state index is 0.691. The number of aryl methyl sites for hydroxylation is 1. The van der Waals surface area contributed by atoms with Crippen LogP contribution in [0, 0.1) is 6.92 Å². The van der Waals surface area contributed by atoms with E-state index in [-0.39, 0.29) is 0 Å². The number of rotatable bonds is 6. The molecule has 0 saturated heterocycles. The molecule has 0 unspecified atom stereocenters. The molecule has 3 aromatic rings. The van der Waals surface area contributed by atoms with Crippen molar-refractivity contribution in [2.45, 2.75) is 25.7 Å². The van der Waals surface area contributed by atoms with Crippen molar-refractivity contribution >= 4 is 29.5 Å². The normalized spacial score (nSPS) is 11.1. The topological polar surface area (TPSA) is 17.1 Å². The van der Waals surface area contributed by atoms with E-state index in [0.29, 0.717) is 5.31 Å². The van der Waals surface area contributed by atoms with Crippen LogP contribution in [0.4, 0.5) is 0 Å². The molecule has 0 spiro atoms. The molecule has 0 aliphatic rings. The second-order valence-corrected chi connectivity index (χ2v) is 10.8. The third kappa shape index (κ3) is 4.24. The quantitative estimate of drug-likeness (QED) is 0.252. The number of benzene rings is 3. The van der Waals surface area contributed by atoms with Crippen molar-refractivity contribution in [3.05, 3.63) is 113 Å². The van der Waals surface area contributed by atoms with Gasteiger partial charge in [0.1, 0.15) is 0 Å². The Balaban J connectivity index is 2.12. The number of hydrogen-bond acceptors (Lipinski definition) is 2. The lowest BCUT2D eigenvalue weighted by Crippen LogP contribution is -2.17. The van der Waals surface area contributed by atoms with Crippen molar-refractivity contribution in [3.8, 4) is 0 Å².